The average molecular weight is 255 g/mol. The van der Waals surface area contributed by atoms with E-state index in [4.69, 9.17) is 10.3 Å². The van der Waals surface area contributed by atoms with Crippen molar-refractivity contribution in [1.29, 1.82) is 0 Å². The highest BCUT2D eigenvalue weighted by atomic mass is 16.5. The molecule has 19 heavy (non-hydrogen) atoms. The van der Waals surface area contributed by atoms with E-state index in [1.807, 2.05) is 12.3 Å². The molecule has 1 fully saturated rings. The normalized spacial score (nSPS) is 28.3. The third-order valence-corrected chi connectivity index (χ3v) is 4.31. The van der Waals surface area contributed by atoms with Gasteiger partial charge < -0.3 is 4.74 Å². The van der Waals surface area contributed by atoms with Gasteiger partial charge in [0.25, 0.3) is 0 Å². The summed E-state index contributed by atoms with van der Waals surface area (Å²) in [5, 5.41) is 3.70. The van der Waals surface area contributed by atoms with Crippen LogP contribution in [0.3, 0.4) is 0 Å². The molecular weight excluding hydrogens is 238 g/mol. The molecule has 4 nitrogen and oxygen atoms in total. The molecule has 0 amide bonds. The first-order valence-corrected chi connectivity index (χ1v) is 6.79. The Morgan fingerprint density at radius 2 is 2.11 bits per heavy atom. The standard InChI is InChI=1S/C15H17N3O/c16-18-17-11-12-5-8-15(9-6-12)14-4-2-1-3-13(14)7-10-19-15/h1-4,7,10,12H,5-6,8-9,11H2. The fourth-order valence-corrected chi connectivity index (χ4v) is 3.22. The Hall–Kier alpha value is -1.93. The number of azide groups is 1. The summed E-state index contributed by atoms with van der Waals surface area (Å²) in [6, 6.07) is 8.46. The minimum absolute atomic E-state index is 0.155. The molecule has 1 aromatic rings. The molecule has 0 radical (unpaired) electrons. The smallest absolute Gasteiger partial charge is 0.134 e. The zero-order valence-corrected chi connectivity index (χ0v) is 10.8. The molecule has 0 bridgehead atoms. The van der Waals surface area contributed by atoms with E-state index in [0.29, 0.717) is 12.5 Å². The molecule has 1 aliphatic carbocycles. The van der Waals surface area contributed by atoms with E-state index in [2.05, 4.69) is 34.3 Å². The van der Waals surface area contributed by atoms with Crippen molar-refractivity contribution in [3.63, 3.8) is 0 Å². The van der Waals surface area contributed by atoms with Gasteiger partial charge in [-0.15, -0.1) is 0 Å². The molecule has 1 spiro atoms. The van der Waals surface area contributed by atoms with Gasteiger partial charge in [-0.25, -0.2) is 0 Å². The van der Waals surface area contributed by atoms with E-state index >= 15 is 0 Å². The molecule has 3 rings (SSSR count). The van der Waals surface area contributed by atoms with Crippen LogP contribution in [0.1, 0.15) is 36.8 Å². The van der Waals surface area contributed by atoms with Gasteiger partial charge in [0, 0.05) is 17.0 Å². The van der Waals surface area contributed by atoms with Gasteiger partial charge in [0.1, 0.15) is 5.60 Å². The van der Waals surface area contributed by atoms with Crippen molar-refractivity contribution in [2.75, 3.05) is 6.54 Å². The first-order valence-electron chi connectivity index (χ1n) is 6.79. The van der Waals surface area contributed by atoms with Crippen LogP contribution in [0, 0.1) is 5.92 Å². The highest BCUT2D eigenvalue weighted by molar-refractivity contribution is 5.57. The minimum Gasteiger partial charge on any atom is -0.490 e. The molecule has 1 aromatic carbocycles. The van der Waals surface area contributed by atoms with Gasteiger partial charge in [0.2, 0.25) is 0 Å². The van der Waals surface area contributed by atoms with Gasteiger partial charge in [-0.2, -0.15) is 0 Å². The number of hydrogen-bond donors (Lipinski definition) is 0. The molecular formula is C15H17N3O. The topological polar surface area (TPSA) is 58.0 Å². The van der Waals surface area contributed by atoms with Crippen LogP contribution >= 0.6 is 0 Å². The Morgan fingerprint density at radius 3 is 2.89 bits per heavy atom. The Kier molecular flexibility index (Phi) is 3.18. The summed E-state index contributed by atoms with van der Waals surface area (Å²) in [6.45, 7) is 0.615. The lowest BCUT2D eigenvalue weighted by Gasteiger charge is -2.42. The lowest BCUT2D eigenvalue weighted by Crippen LogP contribution is -2.35. The first-order chi connectivity index (χ1) is 9.34. The van der Waals surface area contributed by atoms with Crippen molar-refractivity contribution in [2.24, 2.45) is 11.0 Å². The quantitative estimate of drug-likeness (QED) is 0.439. The van der Waals surface area contributed by atoms with Crippen LogP contribution < -0.4 is 0 Å². The van der Waals surface area contributed by atoms with E-state index in [1.165, 1.54) is 11.1 Å². The Morgan fingerprint density at radius 1 is 1.32 bits per heavy atom. The summed E-state index contributed by atoms with van der Waals surface area (Å²) in [6.07, 6.45) is 7.98. The van der Waals surface area contributed by atoms with E-state index < -0.39 is 0 Å². The molecule has 98 valence electrons. The van der Waals surface area contributed by atoms with Crippen LogP contribution in [0.2, 0.25) is 0 Å². The Balaban J connectivity index is 1.80. The number of nitrogens with zero attached hydrogens (tertiary/aromatic N) is 3. The highest BCUT2D eigenvalue weighted by Crippen LogP contribution is 2.46. The highest BCUT2D eigenvalue weighted by Gasteiger charge is 2.40. The number of benzene rings is 1. The minimum atomic E-state index is -0.155. The van der Waals surface area contributed by atoms with E-state index in [0.717, 1.165) is 25.7 Å². The largest absolute Gasteiger partial charge is 0.490 e. The zero-order valence-electron chi connectivity index (χ0n) is 10.8. The molecule has 0 N–H and O–H groups in total. The molecule has 1 saturated carbocycles. The summed E-state index contributed by atoms with van der Waals surface area (Å²) in [7, 11) is 0. The fraction of sp³-hybridized carbons (Fsp3) is 0.467. The van der Waals surface area contributed by atoms with E-state index in [9.17, 15) is 0 Å². The van der Waals surface area contributed by atoms with Crippen LogP contribution in [0.5, 0.6) is 0 Å². The van der Waals surface area contributed by atoms with Crippen LogP contribution in [0.25, 0.3) is 16.5 Å². The SMILES string of the molecule is [N-]=[N+]=NCC1CCC2(CC1)OC=Cc1ccccc12. The predicted molar refractivity (Wildman–Crippen MR) is 74.2 cm³/mol. The van der Waals surface area contributed by atoms with Crippen molar-refractivity contribution >= 4 is 6.08 Å². The maximum Gasteiger partial charge on any atom is 0.134 e. The van der Waals surface area contributed by atoms with Gasteiger partial charge in [-0.1, -0.05) is 29.4 Å². The molecule has 0 unspecified atom stereocenters. The number of fused-ring (bicyclic) bond motifs is 2. The molecule has 0 saturated heterocycles. The molecule has 1 aliphatic heterocycles. The lowest BCUT2D eigenvalue weighted by atomic mass is 9.73. The second kappa shape index (κ2) is 4.98. The predicted octanol–water partition coefficient (Wildman–Crippen LogP) is 4.38. The summed E-state index contributed by atoms with van der Waals surface area (Å²) in [5.41, 5.74) is 10.8. The van der Waals surface area contributed by atoms with Crippen molar-refractivity contribution in [3.05, 3.63) is 52.1 Å². The van der Waals surface area contributed by atoms with Crippen molar-refractivity contribution in [2.45, 2.75) is 31.3 Å². The van der Waals surface area contributed by atoms with Crippen molar-refractivity contribution in [3.8, 4) is 0 Å². The van der Waals surface area contributed by atoms with Gasteiger partial charge in [-0.3, -0.25) is 0 Å². The second-order valence-electron chi connectivity index (χ2n) is 5.36. The molecule has 0 atom stereocenters. The molecule has 1 heterocycles. The summed E-state index contributed by atoms with van der Waals surface area (Å²) < 4.78 is 6.00. The maximum atomic E-state index is 8.39. The van der Waals surface area contributed by atoms with E-state index in [-0.39, 0.29) is 5.60 Å². The number of ether oxygens (including phenoxy) is 1. The first kappa shape index (κ1) is 12.1. The third-order valence-electron chi connectivity index (χ3n) is 4.31. The second-order valence-corrected chi connectivity index (χ2v) is 5.36. The Bertz CT molecular complexity index is 538. The summed E-state index contributed by atoms with van der Waals surface area (Å²) >= 11 is 0. The Labute approximate surface area is 112 Å². The summed E-state index contributed by atoms with van der Waals surface area (Å²) in [5.74, 6) is 0.503. The fourth-order valence-electron chi connectivity index (χ4n) is 3.22. The number of hydrogen-bond acceptors (Lipinski definition) is 2. The average Bonchev–Trinajstić information content (AvgIpc) is 2.47. The van der Waals surface area contributed by atoms with Gasteiger partial charge in [0.15, 0.2) is 0 Å². The van der Waals surface area contributed by atoms with Gasteiger partial charge >= 0.3 is 0 Å². The molecule has 0 aromatic heterocycles. The number of rotatable bonds is 2. The van der Waals surface area contributed by atoms with Crippen LogP contribution in [0.4, 0.5) is 0 Å². The van der Waals surface area contributed by atoms with Gasteiger partial charge in [-0.05, 0) is 48.8 Å². The van der Waals surface area contributed by atoms with Crippen molar-refractivity contribution < 1.29 is 4.74 Å². The molecule has 2 aliphatic rings. The third kappa shape index (κ3) is 2.20. The monoisotopic (exact) mass is 255 g/mol. The zero-order chi connectivity index (χ0) is 13.1. The van der Waals surface area contributed by atoms with E-state index in [1.54, 1.807) is 0 Å². The molecule has 4 heteroatoms. The maximum absolute atomic E-state index is 8.39. The lowest BCUT2D eigenvalue weighted by molar-refractivity contribution is -0.0289. The summed E-state index contributed by atoms with van der Waals surface area (Å²) in [4.78, 5) is 2.85. The van der Waals surface area contributed by atoms with Crippen molar-refractivity contribution in [1.82, 2.24) is 0 Å². The van der Waals surface area contributed by atoms with Gasteiger partial charge in [0.05, 0.1) is 6.26 Å². The van der Waals surface area contributed by atoms with Crippen LogP contribution in [-0.2, 0) is 10.3 Å². The van der Waals surface area contributed by atoms with Crippen LogP contribution in [-0.4, -0.2) is 6.54 Å². The van der Waals surface area contributed by atoms with Crippen LogP contribution in [0.15, 0.2) is 35.6 Å².